The van der Waals surface area contributed by atoms with Crippen LogP contribution >= 0.6 is 15.9 Å². The van der Waals surface area contributed by atoms with Gasteiger partial charge in [-0.15, -0.1) is 0 Å². The monoisotopic (exact) mass is 350 g/mol. The third-order valence-corrected chi connectivity index (χ3v) is 3.49. The minimum atomic E-state index is -0.374. The van der Waals surface area contributed by atoms with Gasteiger partial charge >= 0.3 is 0 Å². The smallest absolute Gasteiger partial charge is 0.226 e. The first kappa shape index (κ1) is 13.7. The summed E-state index contributed by atoms with van der Waals surface area (Å²) in [6.45, 7) is 2.62. The van der Waals surface area contributed by atoms with Crippen molar-refractivity contribution >= 4 is 44.5 Å². The molecule has 1 aromatic carbocycles. The lowest BCUT2D eigenvalue weighted by Gasteiger charge is -2.11. The first-order valence-electron chi connectivity index (χ1n) is 6.35. The van der Waals surface area contributed by atoms with Crippen LogP contribution in [-0.4, -0.2) is 26.5 Å². The van der Waals surface area contributed by atoms with Crippen LogP contribution in [-0.2, 0) is 0 Å². The topological polar surface area (TPSA) is 78.5 Å². The molecule has 0 aliphatic carbocycles. The molecule has 21 heavy (non-hydrogen) atoms. The minimum Gasteiger partial charge on any atom is -0.354 e. The van der Waals surface area contributed by atoms with Crippen molar-refractivity contribution in [3.63, 3.8) is 0 Å². The molecular weight excluding hydrogens is 339 g/mol. The molecule has 0 unspecified atom stereocenters. The van der Waals surface area contributed by atoms with E-state index in [9.17, 15) is 4.39 Å². The van der Waals surface area contributed by atoms with Crippen molar-refractivity contribution in [3.8, 4) is 0 Å². The predicted molar refractivity (Wildman–Crippen MR) is 83.2 cm³/mol. The molecule has 2 aromatic heterocycles. The number of para-hydroxylation sites is 1. The average molecular weight is 351 g/mol. The van der Waals surface area contributed by atoms with E-state index in [4.69, 9.17) is 0 Å². The first-order chi connectivity index (χ1) is 10.2. The molecule has 3 aromatic rings. The summed E-state index contributed by atoms with van der Waals surface area (Å²) < 4.78 is 14.5. The average Bonchev–Trinajstić information content (AvgIpc) is 2.92. The van der Waals surface area contributed by atoms with E-state index < -0.39 is 0 Å². The Bertz CT molecular complexity index is 767. The second-order valence-corrected chi connectivity index (χ2v) is 5.10. The van der Waals surface area contributed by atoms with Crippen LogP contribution in [0.5, 0.6) is 0 Å². The molecular formula is C13H12BrFN6. The molecule has 0 aliphatic rings. The fraction of sp³-hybridized carbons (Fsp3) is 0.154. The van der Waals surface area contributed by atoms with E-state index in [0.29, 0.717) is 39.6 Å². The molecule has 108 valence electrons. The summed E-state index contributed by atoms with van der Waals surface area (Å²) in [5.41, 5.74) is 1.44. The van der Waals surface area contributed by atoms with Crippen molar-refractivity contribution in [1.29, 1.82) is 0 Å². The van der Waals surface area contributed by atoms with Crippen molar-refractivity contribution in [2.45, 2.75) is 6.92 Å². The summed E-state index contributed by atoms with van der Waals surface area (Å²) in [6.07, 6.45) is 1.52. The van der Waals surface area contributed by atoms with Crippen LogP contribution < -0.4 is 10.6 Å². The third-order valence-electron chi connectivity index (χ3n) is 2.83. The maximum absolute atomic E-state index is 13.9. The highest BCUT2D eigenvalue weighted by Crippen LogP contribution is 2.30. The Labute approximate surface area is 128 Å². The highest BCUT2D eigenvalue weighted by molar-refractivity contribution is 9.10. The lowest BCUT2D eigenvalue weighted by molar-refractivity contribution is 0.631. The quantitative estimate of drug-likeness (QED) is 0.671. The van der Waals surface area contributed by atoms with Crippen LogP contribution in [0.15, 0.2) is 29.0 Å². The van der Waals surface area contributed by atoms with Crippen molar-refractivity contribution < 1.29 is 4.39 Å². The fourth-order valence-corrected chi connectivity index (χ4v) is 2.34. The van der Waals surface area contributed by atoms with E-state index in [0.717, 1.165) is 0 Å². The molecule has 0 saturated heterocycles. The number of rotatable bonds is 4. The van der Waals surface area contributed by atoms with Crippen LogP contribution in [0.1, 0.15) is 6.92 Å². The Hall–Kier alpha value is -2.22. The second-order valence-electron chi connectivity index (χ2n) is 4.25. The molecule has 6 nitrogen and oxygen atoms in total. The molecule has 0 spiro atoms. The van der Waals surface area contributed by atoms with Crippen LogP contribution in [0, 0.1) is 5.82 Å². The number of nitrogens with zero attached hydrogens (tertiary/aromatic N) is 3. The van der Waals surface area contributed by atoms with Crippen molar-refractivity contribution in [2.24, 2.45) is 0 Å². The molecule has 0 amide bonds. The maximum Gasteiger partial charge on any atom is 0.226 e. The molecule has 2 heterocycles. The van der Waals surface area contributed by atoms with Gasteiger partial charge in [-0.1, -0.05) is 6.07 Å². The number of anilines is 3. The summed E-state index contributed by atoms with van der Waals surface area (Å²) in [7, 11) is 0. The normalized spacial score (nSPS) is 10.8. The Morgan fingerprint density at radius 3 is 2.95 bits per heavy atom. The van der Waals surface area contributed by atoms with Gasteiger partial charge in [0.2, 0.25) is 5.95 Å². The van der Waals surface area contributed by atoms with Gasteiger partial charge in [-0.3, -0.25) is 0 Å². The maximum atomic E-state index is 13.9. The van der Waals surface area contributed by atoms with E-state index in [1.807, 2.05) is 6.92 Å². The molecule has 8 heteroatoms. The molecule has 0 radical (unpaired) electrons. The summed E-state index contributed by atoms with van der Waals surface area (Å²) >= 11 is 3.32. The number of hydrogen-bond donors (Lipinski definition) is 3. The minimum absolute atomic E-state index is 0.314. The van der Waals surface area contributed by atoms with Gasteiger partial charge < -0.3 is 15.6 Å². The number of benzene rings is 1. The lowest BCUT2D eigenvalue weighted by Crippen LogP contribution is -2.06. The van der Waals surface area contributed by atoms with Gasteiger partial charge in [0.1, 0.15) is 11.3 Å². The number of imidazole rings is 1. The number of aromatic amines is 1. The molecule has 0 bridgehead atoms. The predicted octanol–water partition coefficient (Wildman–Crippen LogP) is 3.43. The number of hydrogen-bond acceptors (Lipinski definition) is 5. The summed E-state index contributed by atoms with van der Waals surface area (Å²) in [5.74, 6) is 0.520. The highest BCUT2D eigenvalue weighted by Gasteiger charge is 2.13. The van der Waals surface area contributed by atoms with Crippen molar-refractivity contribution in [1.82, 2.24) is 19.9 Å². The van der Waals surface area contributed by atoms with E-state index in [1.165, 1.54) is 12.4 Å². The molecule has 0 fully saturated rings. The SMILES string of the molecule is CCNc1nc(Nc2c(F)cccc2Br)c2[nH]cnc2n1. The molecule has 0 saturated carbocycles. The van der Waals surface area contributed by atoms with Crippen molar-refractivity contribution in [3.05, 3.63) is 34.8 Å². The number of aromatic nitrogens is 4. The third kappa shape index (κ3) is 2.66. The van der Waals surface area contributed by atoms with Crippen molar-refractivity contribution in [2.75, 3.05) is 17.2 Å². The zero-order valence-electron chi connectivity index (χ0n) is 11.1. The van der Waals surface area contributed by atoms with E-state index in [-0.39, 0.29) is 5.82 Å². The van der Waals surface area contributed by atoms with Crippen LogP contribution in [0.4, 0.5) is 21.8 Å². The van der Waals surface area contributed by atoms with Gasteiger partial charge in [-0.05, 0) is 35.0 Å². The number of nitrogens with one attached hydrogen (secondary N) is 3. The highest BCUT2D eigenvalue weighted by atomic mass is 79.9. The van der Waals surface area contributed by atoms with Gasteiger partial charge in [0.05, 0.1) is 12.0 Å². The van der Waals surface area contributed by atoms with Gasteiger partial charge in [-0.2, -0.15) is 9.97 Å². The van der Waals surface area contributed by atoms with E-state index in [1.54, 1.807) is 12.1 Å². The lowest BCUT2D eigenvalue weighted by atomic mass is 10.3. The van der Waals surface area contributed by atoms with Crippen LogP contribution in [0.25, 0.3) is 11.2 Å². The molecule has 3 rings (SSSR count). The first-order valence-corrected chi connectivity index (χ1v) is 7.14. The summed E-state index contributed by atoms with van der Waals surface area (Å²) in [5, 5.41) is 6.01. The fourth-order valence-electron chi connectivity index (χ4n) is 1.90. The van der Waals surface area contributed by atoms with Gasteiger partial charge in [0.15, 0.2) is 11.5 Å². The van der Waals surface area contributed by atoms with E-state index >= 15 is 0 Å². The molecule has 3 N–H and O–H groups in total. The van der Waals surface area contributed by atoms with E-state index in [2.05, 4.69) is 46.5 Å². The summed E-state index contributed by atoms with van der Waals surface area (Å²) in [4.78, 5) is 15.7. The van der Waals surface area contributed by atoms with Gasteiger partial charge in [0, 0.05) is 11.0 Å². The Morgan fingerprint density at radius 2 is 2.19 bits per heavy atom. The van der Waals surface area contributed by atoms with Gasteiger partial charge in [0.25, 0.3) is 0 Å². The number of fused-ring (bicyclic) bond motifs is 1. The summed E-state index contributed by atoms with van der Waals surface area (Å²) in [6, 6.07) is 4.76. The Balaban J connectivity index is 2.09. The van der Waals surface area contributed by atoms with Crippen LogP contribution in [0.2, 0.25) is 0 Å². The zero-order valence-corrected chi connectivity index (χ0v) is 12.7. The Morgan fingerprint density at radius 1 is 1.33 bits per heavy atom. The Kier molecular flexibility index (Phi) is 3.70. The molecule has 0 atom stereocenters. The standard InChI is InChI=1S/C13H12BrFN6/c1-2-16-13-20-11-10(17-6-18-11)12(21-13)19-9-7(14)4-3-5-8(9)15/h3-6H,2H2,1H3,(H3,16,17,18,19,20,21). The van der Waals surface area contributed by atoms with Crippen LogP contribution in [0.3, 0.4) is 0 Å². The largest absolute Gasteiger partial charge is 0.354 e. The van der Waals surface area contributed by atoms with Gasteiger partial charge in [-0.25, -0.2) is 9.37 Å². The zero-order chi connectivity index (χ0) is 14.8. The number of halogens is 2. The second kappa shape index (κ2) is 5.65. The molecule has 0 aliphatic heterocycles. The number of H-pyrrole nitrogens is 1.